The van der Waals surface area contributed by atoms with Crippen LogP contribution in [0.1, 0.15) is 11.1 Å². The Morgan fingerprint density at radius 1 is 1.05 bits per heavy atom. The number of methoxy groups -OCH3 is 1. The van der Waals surface area contributed by atoms with Crippen LogP contribution >= 0.6 is 0 Å². The van der Waals surface area contributed by atoms with Crippen LogP contribution < -0.4 is 14.8 Å². The Morgan fingerprint density at radius 3 is 2.52 bits per heavy atom. The molecule has 2 aromatic carbocycles. The van der Waals surface area contributed by atoms with E-state index >= 15 is 0 Å². The highest BCUT2D eigenvalue weighted by Gasteiger charge is 2.07. The van der Waals surface area contributed by atoms with Gasteiger partial charge in [0.15, 0.2) is 11.6 Å². The summed E-state index contributed by atoms with van der Waals surface area (Å²) in [6, 6.07) is 9.19. The van der Waals surface area contributed by atoms with Gasteiger partial charge in [-0.05, 0) is 42.9 Å². The monoisotopic (exact) mass is 293 g/mol. The highest BCUT2D eigenvalue weighted by Crippen LogP contribution is 2.25. The number of hydrogen-bond donors (Lipinski definition) is 1. The van der Waals surface area contributed by atoms with Crippen molar-refractivity contribution in [3.8, 4) is 11.5 Å². The third kappa shape index (κ3) is 3.92. The van der Waals surface area contributed by atoms with Gasteiger partial charge in [-0.1, -0.05) is 6.07 Å². The lowest BCUT2D eigenvalue weighted by Gasteiger charge is -2.13. The SMILES string of the molecule is CNCc1cc(OC)ccc1OCc1ccc(F)c(F)c1. The fourth-order valence-electron chi connectivity index (χ4n) is 1.94. The summed E-state index contributed by atoms with van der Waals surface area (Å²) in [4.78, 5) is 0. The molecule has 2 rings (SSSR count). The Hall–Kier alpha value is -2.14. The second kappa shape index (κ2) is 7.04. The molecule has 0 radical (unpaired) electrons. The van der Waals surface area contributed by atoms with Gasteiger partial charge in [0.25, 0.3) is 0 Å². The lowest BCUT2D eigenvalue weighted by atomic mass is 10.2. The van der Waals surface area contributed by atoms with Crippen LogP contribution in [0.2, 0.25) is 0 Å². The summed E-state index contributed by atoms with van der Waals surface area (Å²) < 4.78 is 36.9. The Labute approximate surface area is 122 Å². The zero-order valence-corrected chi connectivity index (χ0v) is 12.0. The molecular formula is C16H17F2NO2. The first-order valence-electron chi connectivity index (χ1n) is 6.52. The van der Waals surface area contributed by atoms with Crippen LogP contribution in [0, 0.1) is 11.6 Å². The molecule has 21 heavy (non-hydrogen) atoms. The van der Waals surface area contributed by atoms with Crippen molar-refractivity contribution in [2.75, 3.05) is 14.2 Å². The van der Waals surface area contributed by atoms with Gasteiger partial charge in [0.1, 0.15) is 18.1 Å². The number of nitrogens with one attached hydrogen (secondary N) is 1. The highest BCUT2D eigenvalue weighted by atomic mass is 19.2. The third-order valence-electron chi connectivity index (χ3n) is 3.01. The third-order valence-corrected chi connectivity index (χ3v) is 3.01. The molecule has 0 atom stereocenters. The molecule has 0 bridgehead atoms. The van der Waals surface area contributed by atoms with Crippen molar-refractivity contribution in [3.05, 3.63) is 59.2 Å². The van der Waals surface area contributed by atoms with Gasteiger partial charge >= 0.3 is 0 Å². The van der Waals surface area contributed by atoms with Crippen molar-refractivity contribution in [1.82, 2.24) is 5.32 Å². The molecular weight excluding hydrogens is 276 g/mol. The van der Waals surface area contributed by atoms with Crippen molar-refractivity contribution in [3.63, 3.8) is 0 Å². The minimum atomic E-state index is -0.874. The molecule has 0 aliphatic carbocycles. The number of ether oxygens (including phenoxy) is 2. The summed E-state index contributed by atoms with van der Waals surface area (Å²) in [7, 11) is 3.43. The molecule has 0 aliphatic rings. The maximum Gasteiger partial charge on any atom is 0.159 e. The summed E-state index contributed by atoms with van der Waals surface area (Å²) >= 11 is 0. The quantitative estimate of drug-likeness (QED) is 0.886. The Morgan fingerprint density at radius 2 is 1.86 bits per heavy atom. The summed E-state index contributed by atoms with van der Waals surface area (Å²) in [6.45, 7) is 0.782. The summed E-state index contributed by atoms with van der Waals surface area (Å²) in [5.74, 6) is -0.323. The van der Waals surface area contributed by atoms with Crippen LogP contribution in [0.5, 0.6) is 11.5 Å². The van der Waals surface area contributed by atoms with E-state index in [1.54, 1.807) is 19.2 Å². The number of rotatable bonds is 6. The topological polar surface area (TPSA) is 30.5 Å². The molecule has 2 aromatic rings. The summed E-state index contributed by atoms with van der Waals surface area (Å²) in [5, 5.41) is 3.05. The van der Waals surface area contributed by atoms with E-state index < -0.39 is 11.6 Å². The van der Waals surface area contributed by atoms with Gasteiger partial charge in [-0.25, -0.2) is 8.78 Å². The average molecular weight is 293 g/mol. The van der Waals surface area contributed by atoms with Gasteiger partial charge in [-0.15, -0.1) is 0 Å². The second-order valence-electron chi connectivity index (χ2n) is 4.54. The molecule has 0 saturated carbocycles. The molecule has 0 amide bonds. The van der Waals surface area contributed by atoms with E-state index in [1.807, 2.05) is 13.1 Å². The molecule has 0 unspecified atom stereocenters. The maximum absolute atomic E-state index is 13.1. The highest BCUT2D eigenvalue weighted by molar-refractivity contribution is 5.40. The van der Waals surface area contributed by atoms with Crippen molar-refractivity contribution >= 4 is 0 Å². The first-order valence-corrected chi connectivity index (χ1v) is 6.52. The van der Waals surface area contributed by atoms with Crippen LogP contribution in [-0.4, -0.2) is 14.2 Å². The largest absolute Gasteiger partial charge is 0.497 e. The Bertz CT molecular complexity index is 617. The smallest absolute Gasteiger partial charge is 0.159 e. The number of benzene rings is 2. The lowest BCUT2D eigenvalue weighted by Crippen LogP contribution is -2.08. The summed E-state index contributed by atoms with van der Waals surface area (Å²) in [6.07, 6.45) is 0. The molecule has 112 valence electrons. The molecule has 0 heterocycles. The second-order valence-corrected chi connectivity index (χ2v) is 4.54. The zero-order valence-electron chi connectivity index (χ0n) is 12.0. The number of halogens is 2. The van der Waals surface area contributed by atoms with Gasteiger partial charge in [0.05, 0.1) is 7.11 Å². The Balaban J connectivity index is 2.13. The minimum Gasteiger partial charge on any atom is -0.497 e. The van der Waals surface area contributed by atoms with Crippen LogP contribution in [0.25, 0.3) is 0 Å². The van der Waals surface area contributed by atoms with E-state index in [-0.39, 0.29) is 6.61 Å². The molecule has 0 fully saturated rings. The van der Waals surface area contributed by atoms with Gasteiger partial charge < -0.3 is 14.8 Å². The molecule has 1 N–H and O–H groups in total. The van der Waals surface area contributed by atoms with E-state index in [2.05, 4.69) is 5.32 Å². The van der Waals surface area contributed by atoms with E-state index in [0.29, 0.717) is 17.9 Å². The fourth-order valence-corrected chi connectivity index (χ4v) is 1.94. The molecule has 5 heteroatoms. The lowest BCUT2D eigenvalue weighted by molar-refractivity contribution is 0.300. The van der Waals surface area contributed by atoms with Crippen LogP contribution in [0.3, 0.4) is 0 Å². The zero-order chi connectivity index (χ0) is 15.2. The Kier molecular flexibility index (Phi) is 5.11. The predicted molar refractivity (Wildman–Crippen MR) is 76.4 cm³/mol. The first kappa shape index (κ1) is 15.3. The van der Waals surface area contributed by atoms with Crippen molar-refractivity contribution in [2.45, 2.75) is 13.2 Å². The van der Waals surface area contributed by atoms with E-state index in [9.17, 15) is 8.78 Å². The molecule has 3 nitrogen and oxygen atoms in total. The van der Waals surface area contributed by atoms with Gasteiger partial charge in [0, 0.05) is 12.1 Å². The normalized spacial score (nSPS) is 10.5. The van der Waals surface area contributed by atoms with Crippen molar-refractivity contribution < 1.29 is 18.3 Å². The van der Waals surface area contributed by atoms with Crippen LogP contribution in [0.15, 0.2) is 36.4 Å². The number of hydrogen-bond acceptors (Lipinski definition) is 3. The molecule has 0 spiro atoms. The molecule has 0 aromatic heterocycles. The van der Waals surface area contributed by atoms with E-state index in [1.165, 1.54) is 6.07 Å². The summed E-state index contributed by atoms with van der Waals surface area (Å²) in [5.41, 5.74) is 1.50. The first-order chi connectivity index (χ1) is 10.1. The fraction of sp³-hybridized carbons (Fsp3) is 0.250. The van der Waals surface area contributed by atoms with E-state index in [0.717, 1.165) is 23.4 Å². The average Bonchev–Trinajstić information content (AvgIpc) is 2.49. The predicted octanol–water partition coefficient (Wildman–Crippen LogP) is 3.27. The standard InChI is InChI=1S/C16H17F2NO2/c1-19-9-12-8-13(20-2)4-6-16(12)21-10-11-3-5-14(17)15(18)7-11/h3-8,19H,9-10H2,1-2H3. The van der Waals surface area contributed by atoms with Crippen molar-refractivity contribution in [2.24, 2.45) is 0 Å². The van der Waals surface area contributed by atoms with Gasteiger partial charge in [-0.3, -0.25) is 0 Å². The van der Waals surface area contributed by atoms with Gasteiger partial charge in [-0.2, -0.15) is 0 Å². The van der Waals surface area contributed by atoms with Crippen molar-refractivity contribution in [1.29, 1.82) is 0 Å². The maximum atomic E-state index is 13.1. The van der Waals surface area contributed by atoms with E-state index in [4.69, 9.17) is 9.47 Å². The minimum absolute atomic E-state index is 0.167. The van der Waals surface area contributed by atoms with Gasteiger partial charge in [0.2, 0.25) is 0 Å². The van der Waals surface area contributed by atoms with Crippen LogP contribution in [-0.2, 0) is 13.2 Å². The van der Waals surface area contributed by atoms with Crippen LogP contribution in [0.4, 0.5) is 8.78 Å². The molecule has 0 saturated heterocycles. The molecule has 0 aliphatic heterocycles.